The molecule has 11 heavy (non-hydrogen) atoms. The molecule has 58 valence electrons. The van der Waals surface area contributed by atoms with Gasteiger partial charge in [-0.05, 0) is 17.9 Å². The van der Waals surface area contributed by atoms with Gasteiger partial charge in [-0.2, -0.15) is 0 Å². The van der Waals surface area contributed by atoms with E-state index in [1.54, 1.807) is 0 Å². The monoisotopic (exact) mass is 150 g/mol. The fourth-order valence-electron chi connectivity index (χ4n) is 1.53. The Balaban J connectivity index is 2.16. The molecule has 0 N–H and O–H groups in total. The summed E-state index contributed by atoms with van der Waals surface area (Å²) in [6, 6.07) is 0. The fourth-order valence-corrected chi connectivity index (χ4v) is 1.53. The van der Waals surface area contributed by atoms with Crippen molar-refractivity contribution in [1.29, 1.82) is 0 Å². The smallest absolute Gasteiger partial charge is 0.306 e. The van der Waals surface area contributed by atoms with Crippen LogP contribution in [0.4, 0.5) is 0 Å². The normalized spacial score (nSPS) is 28.9. The molecule has 2 rings (SSSR count). The van der Waals surface area contributed by atoms with Crippen LogP contribution in [0.2, 0.25) is 0 Å². The summed E-state index contributed by atoms with van der Waals surface area (Å²) in [5, 5.41) is 0. The number of allylic oxidation sites excluding steroid dienone is 3. The number of esters is 1. The Kier molecular flexibility index (Phi) is 1.53. The van der Waals surface area contributed by atoms with Crippen molar-refractivity contribution in [3.8, 4) is 0 Å². The summed E-state index contributed by atoms with van der Waals surface area (Å²) in [4.78, 5) is 10.8. The summed E-state index contributed by atoms with van der Waals surface area (Å²) in [7, 11) is 0. The molecule has 1 fully saturated rings. The van der Waals surface area contributed by atoms with Crippen molar-refractivity contribution in [3.05, 3.63) is 23.8 Å². The van der Waals surface area contributed by atoms with Gasteiger partial charge in [-0.25, -0.2) is 0 Å². The third-order valence-corrected chi connectivity index (χ3v) is 2.20. The highest BCUT2D eigenvalue weighted by Gasteiger charge is 2.24. The molecule has 1 atom stereocenters. The highest BCUT2D eigenvalue weighted by molar-refractivity contribution is 5.71. The van der Waals surface area contributed by atoms with E-state index < -0.39 is 0 Å². The molecule has 0 bridgehead atoms. The minimum Gasteiger partial charge on any atom is -0.461 e. The second-order valence-electron chi connectivity index (χ2n) is 2.97. The molecule has 0 spiro atoms. The lowest BCUT2D eigenvalue weighted by Gasteiger charge is -2.25. The number of ether oxygens (including phenoxy) is 1. The van der Waals surface area contributed by atoms with Crippen molar-refractivity contribution in [2.75, 3.05) is 6.61 Å². The Hall–Kier alpha value is -1.05. The van der Waals surface area contributed by atoms with Crippen molar-refractivity contribution in [2.45, 2.75) is 12.8 Å². The van der Waals surface area contributed by atoms with Gasteiger partial charge in [0.05, 0.1) is 6.42 Å². The summed E-state index contributed by atoms with van der Waals surface area (Å²) >= 11 is 0. The molecular weight excluding hydrogens is 140 g/mol. The van der Waals surface area contributed by atoms with Gasteiger partial charge < -0.3 is 4.74 Å². The molecular formula is C9H10O2. The van der Waals surface area contributed by atoms with Crippen LogP contribution in [0.1, 0.15) is 12.8 Å². The lowest BCUT2D eigenvalue weighted by molar-refractivity contribution is -0.146. The Morgan fingerprint density at radius 3 is 3.36 bits per heavy atom. The number of cyclic esters (lactones) is 1. The molecule has 1 unspecified atom stereocenters. The molecule has 0 aromatic carbocycles. The summed E-state index contributed by atoms with van der Waals surface area (Å²) < 4.78 is 4.91. The molecule has 0 aromatic heterocycles. The Morgan fingerprint density at radius 1 is 1.55 bits per heavy atom. The van der Waals surface area contributed by atoms with Crippen LogP contribution in [0.25, 0.3) is 0 Å². The van der Waals surface area contributed by atoms with E-state index in [4.69, 9.17) is 4.74 Å². The second-order valence-corrected chi connectivity index (χ2v) is 2.97. The van der Waals surface area contributed by atoms with Crippen LogP contribution < -0.4 is 0 Å². The first kappa shape index (κ1) is 6.65. The molecule has 1 heterocycles. The first-order valence-corrected chi connectivity index (χ1v) is 3.87. The molecule has 0 aromatic rings. The topological polar surface area (TPSA) is 26.3 Å². The number of carbonyl (C=O) groups excluding carboxylic acids is 1. The zero-order chi connectivity index (χ0) is 7.68. The highest BCUT2D eigenvalue weighted by atomic mass is 16.5. The van der Waals surface area contributed by atoms with Crippen LogP contribution in [0.15, 0.2) is 23.8 Å². The summed E-state index contributed by atoms with van der Waals surface area (Å²) in [6.07, 6.45) is 7.76. The molecule has 2 heteroatoms. The molecule has 2 aliphatic rings. The van der Waals surface area contributed by atoms with Crippen LogP contribution >= 0.6 is 0 Å². The molecule has 2 nitrogen and oxygen atoms in total. The summed E-state index contributed by atoms with van der Waals surface area (Å²) in [5.41, 5.74) is 1.27. The van der Waals surface area contributed by atoms with Gasteiger partial charge in [0.1, 0.15) is 6.61 Å². The largest absolute Gasteiger partial charge is 0.461 e. The quantitative estimate of drug-likeness (QED) is 0.488. The predicted molar refractivity (Wildman–Crippen MR) is 40.9 cm³/mol. The van der Waals surface area contributed by atoms with Crippen molar-refractivity contribution in [2.24, 2.45) is 5.92 Å². The standard InChI is InChI=1S/C9H10O2/c10-9-5-7-3-1-2-4-8(7)6-11-9/h1-2,4,7H,3,5-6H2. The van der Waals surface area contributed by atoms with Crippen LogP contribution in [0, 0.1) is 5.92 Å². The van der Waals surface area contributed by atoms with E-state index in [9.17, 15) is 4.79 Å². The van der Waals surface area contributed by atoms with Gasteiger partial charge in [-0.15, -0.1) is 0 Å². The lowest BCUT2D eigenvalue weighted by Crippen LogP contribution is -2.24. The predicted octanol–water partition coefficient (Wildman–Crippen LogP) is 1.44. The summed E-state index contributed by atoms with van der Waals surface area (Å²) in [6.45, 7) is 0.508. The minimum absolute atomic E-state index is 0.0533. The van der Waals surface area contributed by atoms with Crippen LogP contribution in [0.5, 0.6) is 0 Å². The molecule has 1 aliphatic carbocycles. The van der Waals surface area contributed by atoms with Crippen LogP contribution in [-0.2, 0) is 9.53 Å². The Labute approximate surface area is 65.5 Å². The van der Waals surface area contributed by atoms with E-state index in [0.717, 1.165) is 6.42 Å². The third-order valence-electron chi connectivity index (χ3n) is 2.20. The van der Waals surface area contributed by atoms with Crippen molar-refractivity contribution in [1.82, 2.24) is 0 Å². The molecule has 1 aliphatic heterocycles. The Morgan fingerprint density at radius 2 is 2.45 bits per heavy atom. The minimum atomic E-state index is -0.0533. The first-order chi connectivity index (χ1) is 5.36. The van der Waals surface area contributed by atoms with Crippen molar-refractivity contribution < 1.29 is 9.53 Å². The molecule has 0 radical (unpaired) electrons. The average Bonchev–Trinajstić information content (AvgIpc) is 2.04. The fraction of sp³-hybridized carbons (Fsp3) is 0.444. The van der Waals surface area contributed by atoms with Gasteiger partial charge in [0.2, 0.25) is 0 Å². The average molecular weight is 150 g/mol. The number of rotatable bonds is 0. The second kappa shape index (κ2) is 2.53. The van der Waals surface area contributed by atoms with E-state index >= 15 is 0 Å². The molecule has 0 amide bonds. The van der Waals surface area contributed by atoms with E-state index in [-0.39, 0.29) is 5.97 Å². The number of hydrogen-bond acceptors (Lipinski definition) is 2. The maximum atomic E-state index is 10.8. The van der Waals surface area contributed by atoms with Gasteiger partial charge >= 0.3 is 5.97 Å². The van der Waals surface area contributed by atoms with E-state index in [1.165, 1.54) is 5.57 Å². The SMILES string of the molecule is O=C1CC2CC=CC=C2CO1. The zero-order valence-electron chi connectivity index (χ0n) is 6.25. The molecule has 1 saturated heterocycles. The van der Waals surface area contributed by atoms with Gasteiger partial charge in [-0.1, -0.05) is 18.2 Å². The van der Waals surface area contributed by atoms with Gasteiger partial charge in [0.25, 0.3) is 0 Å². The highest BCUT2D eigenvalue weighted by Crippen LogP contribution is 2.27. The first-order valence-electron chi connectivity index (χ1n) is 3.87. The van der Waals surface area contributed by atoms with Crippen molar-refractivity contribution in [3.63, 3.8) is 0 Å². The van der Waals surface area contributed by atoms with Gasteiger partial charge in [0.15, 0.2) is 0 Å². The van der Waals surface area contributed by atoms with Gasteiger partial charge in [-0.3, -0.25) is 4.79 Å². The van der Waals surface area contributed by atoms with Gasteiger partial charge in [0, 0.05) is 0 Å². The zero-order valence-corrected chi connectivity index (χ0v) is 6.25. The van der Waals surface area contributed by atoms with E-state index in [1.807, 2.05) is 6.08 Å². The Bertz CT molecular complexity index is 238. The van der Waals surface area contributed by atoms with E-state index in [0.29, 0.717) is 18.9 Å². The van der Waals surface area contributed by atoms with Crippen LogP contribution in [-0.4, -0.2) is 12.6 Å². The molecule has 0 saturated carbocycles. The maximum absolute atomic E-state index is 10.8. The summed E-state index contributed by atoms with van der Waals surface area (Å²) in [5.74, 6) is 0.378. The maximum Gasteiger partial charge on any atom is 0.306 e. The number of hydrogen-bond donors (Lipinski definition) is 0. The lowest BCUT2D eigenvalue weighted by atomic mass is 9.88. The van der Waals surface area contributed by atoms with Crippen LogP contribution in [0.3, 0.4) is 0 Å². The third kappa shape index (κ3) is 1.20. The number of carbonyl (C=O) groups is 1. The number of fused-ring (bicyclic) bond motifs is 1. The van der Waals surface area contributed by atoms with E-state index in [2.05, 4.69) is 12.2 Å². The van der Waals surface area contributed by atoms with Crippen molar-refractivity contribution >= 4 is 5.97 Å².